The molecule has 0 bridgehead atoms. The summed E-state index contributed by atoms with van der Waals surface area (Å²) in [6.07, 6.45) is 0.00720. The fraction of sp³-hybridized carbons (Fsp3) is 0.118. The van der Waals surface area contributed by atoms with Crippen LogP contribution in [0, 0.1) is 0 Å². The lowest BCUT2D eigenvalue weighted by molar-refractivity contribution is -0.120. The summed E-state index contributed by atoms with van der Waals surface area (Å²) < 4.78 is 0. The number of Topliss-reactive ketones (excluding diaryl/α,β-unsaturated/α-hetero) is 1. The number of benzene rings is 2. The Bertz CT molecular complexity index is 822. The van der Waals surface area contributed by atoms with E-state index in [0.29, 0.717) is 21.3 Å². The smallest absolute Gasteiger partial charge is 0.229 e. The highest BCUT2D eigenvalue weighted by Crippen LogP contribution is 2.25. The van der Waals surface area contributed by atoms with E-state index < -0.39 is 6.04 Å². The molecule has 3 rings (SSSR count). The van der Waals surface area contributed by atoms with E-state index in [1.54, 1.807) is 42.5 Å². The number of nitrogens with one attached hydrogen (secondary N) is 2. The molecule has 0 unspecified atom stereocenters. The molecule has 7 heteroatoms. The van der Waals surface area contributed by atoms with E-state index in [2.05, 4.69) is 15.6 Å². The maximum absolute atomic E-state index is 12.5. The van der Waals surface area contributed by atoms with Crippen LogP contribution in [0.3, 0.4) is 0 Å². The van der Waals surface area contributed by atoms with Crippen LogP contribution in [-0.2, 0) is 4.79 Å². The number of nitrogens with zero attached hydrogens (tertiary/aromatic N) is 1. The van der Waals surface area contributed by atoms with Gasteiger partial charge in [-0.25, -0.2) is 4.99 Å². The minimum atomic E-state index is -0.769. The lowest BCUT2D eigenvalue weighted by Gasteiger charge is -2.21. The molecule has 1 amide bonds. The molecule has 1 aliphatic rings. The Morgan fingerprint density at radius 3 is 2.62 bits per heavy atom. The van der Waals surface area contributed by atoms with E-state index >= 15 is 0 Å². The average Bonchev–Trinajstić information content (AvgIpc) is 2.57. The summed E-state index contributed by atoms with van der Waals surface area (Å²) in [5, 5.41) is 6.40. The van der Waals surface area contributed by atoms with Gasteiger partial charge < -0.3 is 5.32 Å². The van der Waals surface area contributed by atoms with Crippen molar-refractivity contribution in [3.8, 4) is 0 Å². The number of hydrogen-bond donors (Lipinski definition) is 2. The fourth-order valence-electron chi connectivity index (χ4n) is 2.32. The van der Waals surface area contributed by atoms with Gasteiger partial charge in [0.05, 0.1) is 17.1 Å². The second kappa shape index (κ2) is 7.03. The Morgan fingerprint density at radius 1 is 1.17 bits per heavy atom. The molecule has 24 heavy (non-hydrogen) atoms. The summed E-state index contributed by atoms with van der Waals surface area (Å²) in [6.45, 7) is 0. The highest BCUT2D eigenvalue weighted by atomic mass is 35.5. The summed E-state index contributed by atoms with van der Waals surface area (Å²) in [5.74, 6) is -0.302. The fourth-order valence-corrected chi connectivity index (χ4v) is 2.78. The van der Waals surface area contributed by atoms with Crippen molar-refractivity contribution in [3.63, 3.8) is 0 Å². The predicted molar refractivity (Wildman–Crippen MR) is 94.8 cm³/mol. The summed E-state index contributed by atoms with van der Waals surface area (Å²) in [6, 6.07) is 12.9. The van der Waals surface area contributed by atoms with Gasteiger partial charge in [0.15, 0.2) is 5.78 Å². The third-order valence-corrected chi connectivity index (χ3v) is 4.01. The van der Waals surface area contributed by atoms with Crippen LogP contribution in [0.25, 0.3) is 0 Å². The van der Waals surface area contributed by atoms with E-state index in [4.69, 9.17) is 23.2 Å². The lowest BCUT2D eigenvalue weighted by Crippen LogP contribution is -2.44. The standard InChI is InChI=1S/C17H13Cl2N3O2/c18-11-6-7-13(12(19)8-11)20-17-21-14(9-15(23)22-17)16(24)10-4-2-1-3-5-10/h1-8,14H,9H2,(H2,20,21,22,23)/t14-/m1/s1. The summed E-state index contributed by atoms with van der Waals surface area (Å²) >= 11 is 12.0. The van der Waals surface area contributed by atoms with E-state index in [9.17, 15) is 9.59 Å². The Balaban J connectivity index is 1.83. The van der Waals surface area contributed by atoms with Gasteiger partial charge in [0.1, 0.15) is 6.04 Å². The second-order valence-electron chi connectivity index (χ2n) is 5.23. The summed E-state index contributed by atoms with van der Waals surface area (Å²) in [5.41, 5.74) is 1.05. The predicted octanol–water partition coefficient (Wildman–Crippen LogP) is 3.53. The van der Waals surface area contributed by atoms with Crippen molar-refractivity contribution in [1.29, 1.82) is 0 Å². The van der Waals surface area contributed by atoms with Crippen molar-refractivity contribution in [1.82, 2.24) is 5.32 Å². The van der Waals surface area contributed by atoms with Gasteiger partial charge in [-0.15, -0.1) is 0 Å². The highest BCUT2D eigenvalue weighted by molar-refractivity contribution is 6.36. The van der Waals surface area contributed by atoms with Gasteiger partial charge in [-0.05, 0) is 18.2 Å². The molecule has 2 aromatic rings. The van der Waals surface area contributed by atoms with Crippen LogP contribution in [0.1, 0.15) is 16.8 Å². The number of amides is 1. The zero-order valence-corrected chi connectivity index (χ0v) is 13.9. The van der Waals surface area contributed by atoms with Gasteiger partial charge in [-0.2, -0.15) is 0 Å². The Kier molecular flexibility index (Phi) is 4.83. The number of hydrogen-bond acceptors (Lipinski definition) is 4. The molecule has 2 N–H and O–H groups in total. The maximum atomic E-state index is 12.5. The van der Waals surface area contributed by atoms with Gasteiger partial charge in [0, 0.05) is 10.6 Å². The summed E-state index contributed by atoms with van der Waals surface area (Å²) in [7, 11) is 0. The molecule has 0 saturated carbocycles. The zero-order chi connectivity index (χ0) is 17.1. The molecule has 2 aromatic carbocycles. The van der Waals surface area contributed by atoms with E-state index in [1.807, 2.05) is 6.07 Å². The minimum Gasteiger partial charge on any atom is -0.325 e. The largest absolute Gasteiger partial charge is 0.325 e. The van der Waals surface area contributed by atoms with Crippen LogP contribution < -0.4 is 10.6 Å². The van der Waals surface area contributed by atoms with Crippen molar-refractivity contribution < 1.29 is 9.59 Å². The third-order valence-electron chi connectivity index (χ3n) is 3.47. The number of carbonyl (C=O) groups is 2. The van der Waals surface area contributed by atoms with Crippen LogP contribution in [-0.4, -0.2) is 23.7 Å². The summed E-state index contributed by atoms with van der Waals surface area (Å²) in [4.78, 5) is 28.7. The molecule has 0 fully saturated rings. The lowest BCUT2D eigenvalue weighted by atomic mass is 10.0. The molecule has 0 spiro atoms. The van der Waals surface area contributed by atoms with E-state index in [1.165, 1.54) is 0 Å². The molecular weight excluding hydrogens is 349 g/mol. The normalized spacial score (nSPS) is 17.0. The molecule has 0 radical (unpaired) electrons. The number of carbonyl (C=O) groups excluding carboxylic acids is 2. The first-order chi connectivity index (χ1) is 11.5. The third kappa shape index (κ3) is 3.75. The van der Waals surface area contributed by atoms with Crippen LogP contribution in [0.4, 0.5) is 5.69 Å². The molecule has 1 atom stereocenters. The van der Waals surface area contributed by atoms with Gasteiger partial charge >= 0.3 is 0 Å². The molecular formula is C17H13Cl2N3O2. The van der Waals surface area contributed by atoms with Gasteiger partial charge in [-0.1, -0.05) is 53.5 Å². The second-order valence-corrected chi connectivity index (χ2v) is 6.07. The van der Waals surface area contributed by atoms with Crippen molar-refractivity contribution in [2.45, 2.75) is 12.5 Å². The van der Waals surface area contributed by atoms with Crippen LogP contribution in [0.5, 0.6) is 0 Å². The number of rotatable bonds is 3. The SMILES string of the molecule is O=C1C[C@H](C(=O)c2ccccc2)N=C(Nc2ccc(Cl)cc2Cl)N1. The quantitative estimate of drug-likeness (QED) is 0.821. The number of aliphatic imine (C=N–C) groups is 1. The number of guanidine groups is 1. The molecule has 1 heterocycles. The van der Waals surface area contributed by atoms with Crippen molar-refractivity contribution in [2.75, 3.05) is 5.32 Å². The van der Waals surface area contributed by atoms with Crippen molar-refractivity contribution >= 4 is 46.5 Å². The van der Waals surface area contributed by atoms with Crippen LogP contribution in [0.2, 0.25) is 10.0 Å². The zero-order valence-electron chi connectivity index (χ0n) is 12.4. The molecule has 5 nitrogen and oxygen atoms in total. The monoisotopic (exact) mass is 361 g/mol. The van der Waals surface area contributed by atoms with Gasteiger partial charge in [0.25, 0.3) is 0 Å². The highest BCUT2D eigenvalue weighted by Gasteiger charge is 2.27. The number of halogens is 2. The minimum absolute atomic E-state index is 0.00720. The molecule has 0 saturated heterocycles. The average molecular weight is 362 g/mol. The van der Waals surface area contributed by atoms with Crippen molar-refractivity contribution in [3.05, 3.63) is 64.1 Å². The molecule has 0 aromatic heterocycles. The molecule has 0 aliphatic carbocycles. The number of anilines is 1. The Hall–Kier alpha value is -2.37. The van der Waals surface area contributed by atoms with E-state index in [-0.39, 0.29) is 24.1 Å². The first-order valence-corrected chi connectivity index (χ1v) is 7.97. The maximum Gasteiger partial charge on any atom is 0.229 e. The molecule has 1 aliphatic heterocycles. The van der Waals surface area contributed by atoms with Crippen LogP contribution >= 0.6 is 23.2 Å². The van der Waals surface area contributed by atoms with Crippen LogP contribution in [0.15, 0.2) is 53.5 Å². The molecule has 122 valence electrons. The number of ketones is 1. The van der Waals surface area contributed by atoms with E-state index in [0.717, 1.165) is 0 Å². The first-order valence-electron chi connectivity index (χ1n) is 7.22. The Morgan fingerprint density at radius 2 is 1.92 bits per heavy atom. The topological polar surface area (TPSA) is 70.6 Å². The van der Waals surface area contributed by atoms with Crippen molar-refractivity contribution in [2.24, 2.45) is 4.99 Å². The van der Waals surface area contributed by atoms with Gasteiger partial charge in [-0.3, -0.25) is 14.9 Å². The van der Waals surface area contributed by atoms with Gasteiger partial charge in [0.2, 0.25) is 11.9 Å². The Labute approximate surface area is 148 Å². The first kappa shape index (κ1) is 16.5.